The number of carbonyl (C=O) groups is 1. The molecule has 2 rings (SSSR count). The number of hydrogen-bond acceptors (Lipinski definition) is 2. The topological polar surface area (TPSA) is 34.9 Å². The lowest BCUT2D eigenvalue weighted by Gasteiger charge is -2.05. The van der Waals surface area contributed by atoms with Gasteiger partial charge < -0.3 is 4.57 Å². The molecule has 0 spiro atoms. The maximum atomic E-state index is 13.1. The van der Waals surface area contributed by atoms with E-state index >= 15 is 0 Å². The molecule has 82 valence electrons. The van der Waals surface area contributed by atoms with E-state index in [9.17, 15) is 9.18 Å². The first kappa shape index (κ1) is 10.5. The number of benzene rings is 1. The lowest BCUT2D eigenvalue weighted by molar-refractivity contribution is 0.112. The molecule has 1 aromatic heterocycles. The zero-order valence-corrected chi connectivity index (χ0v) is 8.85. The van der Waals surface area contributed by atoms with Crippen molar-refractivity contribution >= 4 is 6.29 Å². The Morgan fingerprint density at radius 3 is 2.94 bits per heavy atom. The van der Waals surface area contributed by atoms with Crippen molar-refractivity contribution in [3.8, 4) is 0 Å². The van der Waals surface area contributed by atoms with Crippen LogP contribution in [-0.4, -0.2) is 15.8 Å². The van der Waals surface area contributed by atoms with Crippen LogP contribution in [0.25, 0.3) is 0 Å². The molecule has 0 radical (unpaired) electrons. The van der Waals surface area contributed by atoms with E-state index in [1.807, 2.05) is 17.8 Å². The zero-order chi connectivity index (χ0) is 11.5. The molecule has 0 aliphatic rings. The predicted octanol–water partition coefficient (Wildman–Crippen LogP) is 1.96. The fourth-order valence-electron chi connectivity index (χ4n) is 1.58. The highest BCUT2D eigenvalue weighted by molar-refractivity contribution is 5.77. The number of aryl methyl sites for hydroxylation is 1. The van der Waals surface area contributed by atoms with Crippen molar-refractivity contribution in [3.05, 3.63) is 53.4 Å². The van der Waals surface area contributed by atoms with Crippen molar-refractivity contribution in [1.29, 1.82) is 0 Å². The van der Waals surface area contributed by atoms with E-state index in [4.69, 9.17) is 0 Å². The van der Waals surface area contributed by atoms with Crippen molar-refractivity contribution in [2.24, 2.45) is 7.05 Å². The third-order valence-corrected chi connectivity index (χ3v) is 2.50. The van der Waals surface area contributed by atoms with Gasteiger partial charge in [0.05, 0.1) is 0 Å². The first-order chi connectivity index (χ1) is 7.70. The van der Waals surface area contributed by atoms with Gasteiger partial charge in [0.2, 0.25) is 0 Å². The second-order valence-electron chi connectivity index (χ2n) is 3.59. The average Bonchev–Trinajstić information content (AvgIpc) is 2.65. The molecule has 0 saturated carbocycles. The fourth-order valence-corrected chi connectivity index (χ4v) is 1.58. The van der Waals surface area contributed by atoms with Crippen molar-refractivity contribution in [2.75, 3.05) is 0 Å². The quantitative estimate of drug-likeness (QED) is 0.738. The van der Waals surface area contributed by atoms with Crippen LogP contribution in [0.5, 0.6) is 0 Å². The number of halogens is 1. The number of aromatic nitrogens is 2. The highest BCUT2D eigenvalue weighted by atomic mass is 19.1. The second kappa shape index (κ2) is 4.26. The third-order valence-electron chi connectivity index (χ3n) is 2.50. The summed E-state index contributed by atoms with van der Waals surface area (Å²) >= 11 is 0. The summed E-state index contributed by atoms with van der Waals surface area (Å²) in [5, 5.41) is 0. The van der Waals surface area contributed by atoms with Crippen LogP contribution >= 0.6 is 0 Å². The molecule has 0 aliphatic carbocycles. The molecule has 3 nitrogen and oxygen atoms in total. The summed E-state index contributed by atoms with van der Waals surface area (Å²) in [6, 6.07) is 4.14. The van der Waals surface area contributed by atoms with Crippen LogP contribution in [0, 0.1) is 5.82 Å². The third kappa shape index (κ3) is 2.00. The van der Waals surface area contributed by atoms with Gasteiger partial charge in [0.15, 0.2) is 0 Å². The van der Waals surface area contributed by atoms with Gasteiger partial charge in [-0.1, -0.05) is 0 Å². The van der Waals surface area contributed by atoms with Crippen molar-refractivity contribution in [2.45, 2.75) is 6.42 Å². The summed E-state index contributed by atoms with van der Waals surface area (Å²) in [6.45, 7) is 0. The number of aldehydes is 1. The fraction of sp³-hybridized carbons (Fsp3) is 0.167. The van der Waals surface area contributed by atoms with Crippen LogP contribution in [-0.2, 0) is 13.5 Å². The molecular weight excluding hydrogens is 207 g/mol. The first-order valence-electron chi connectivity index (χ1n) is 4.90. The standard InChI is InChI=1S/C12H11FN2O/c1-15-5-4-14-12(15)7-10-6-11(13)3-2-9(10)8-16/h2-6,8H,7H2,1H3. The van der Waals surface area contributed by atoms with Crippen LogP contribution in [0.1, 0.15) is 21.7 Å². The zero-order valence-electron chi connectivity index (χ0n) is 8.85. The first-order valence-corrected chi connectivity index (χ1v) is 4.90. The molecule has 0 saturated heterocycles. The Morgan fingerprint density at radius 1 is 1.50 bits per heavy atom. The van der Waals surface area contributed by atoms with E-state index in [2.05, 4.69) is 4.98 Å². The van der Waals surface area contributed by atoms with Gasteiger partial charge in [-0.05, 0) is 23.8 Å². The van der Waals surface area contributed by atoms with Gasteiger partial charge in [0, 0.05) is 31.4 Å². The Kier molecular flexibility index (Phi) is 2.81. The van der Waals surface area contributed by atoms with Crippen molar-refractivity contribution in [1.82, 2.24) is 9.55 Å². The molecular formula is C12H11FN2O. The molecule has 0 unspecified atom stereocenters. The molecule has 1 heterocycles. The molecule has 0 aliphatic heterocycles. The molecule has 0 amide bonds. The van der Waals surface area contributed by atoms with E-state index in [-0.39, 0.29) is 5.82 Å². The minimum atomic E-state index is -0.338. The molecule has 4 heteroatoms. The number of rotatable bonds is 3. The average molecular weight is 218 g/mol. The predicted molar refractivity (Wildman–Crippen MR) is 57.8 cm³/mol. The van der Waals surface area contributed by atoms with Crippen LogP contribution < -0.4 is 0 Å². The maximum absolute atomic E-state index is 13.1. The molecule has 0 fully saturated rings. The van der Waals surface area contributed by atoms with Crippen molar-refractivity contribution in [3.63, 3.8) is 0 Å². The summed E-state index contributed by atoms with van der Waals surface area (Å²) in [6.07, 6.45) is 4.68. The highest BCUT2D eigenvalue weighted by Gasteiger charge is 2.07. The number of hydrogen-bond donors (Lipinski definition) is 0. The van der Waals surface area contributed by atoms with Crippen LogP contribution in [0.4, 0.5) is 4.39 Å². The van der Waals surface area contributed by atoms with E-state index in [0.717, 1.165) is 12.1 Å². The van der Waals surface area contributed by atoms with Gasteiger partial charge in [-0.25, -0.2) is 9.37 Å². The smallest absolute Gasteiger partial charge is 0.150 e. The van der Waals surface area contributed by atoms with Gasteiger partial charge in [-0.2, -0.15) is 0 Å². The Labute approximate surface area is 92.5 Å². The molecule has 2 aromatic rings. The largest absolute Gasteiger partial charge is 0.338 e. The minimum Gasteiger partial charge on any atom is -0.338 e. The summed E-state index contributed by atoms with van der Waals surface area (Å²) in [5.74, 6) is 0.462. The van der Waals surface area contributed by atoms with Gasteiger partial charge in [-0.15, -0.1) is 0 Å². The molecule has 16 heavy (non-hydrogen) atoms. The molecule has 0 atom stereocenters. The second-order valence-corrected chi connectivity index (χ2v) is 3.59. The molecule has 1 aromatic carbocycles. The summed E-state index contributed by atoms with van der Waals surface area (Å²) in [4.78, 5) is 14.9. The number of carbonyl (C=O) groups excluding carboxylic acids is 1. The van der Waals surface area contributed by atoms with Crippen LogP contribution in [0.2, 0.25) is 0 Å². The van der Waals surface area contributed by atoms with E-state index in [0.29, 0.717) is 17.5 Å². The minimum absolute atomic E-state index is 0.338. The van der Waals surface area contributed by atoms with Gasteiger partial charge >= 0.3 is 0 Å². The Balaban J connectivity index is 2.37. The lowest BCUT2D eigenvalue weighted by atomic mass is 10.1. The Bertz CT molecular complexity index is 519. The summed E-state index contributed by atoms with van der Waals surface area (Å²) in [5.41, 5.74) is 1.16. The molecule has 0 bridgehead atoms. The highest BCUT2D eigenvalue weighted by Crippen LogP contribution is 2.13. The summed E-state index contributed by atoms with van der Waals surface area (Å²) in [7, 11) is 1.86. The van der Waals surface area contributed by atoms with E-state index in [1.54, 1.807) is 6.20 Å². The Hall–Kier alpha value is -1.97. The van der Waals surface area contributed by atoms with E-state index < -0.39 is 0 Å². The van der Waals surface area contributed by atoms with Crippen molar-refractivity contribution < 1.29 is 9.18 Å². The summed E-state index contributed by atoms with van der Waals surface area (Å²) < 4.78 is 14.9. The molecule has 0 N–H and O–H groups in total. The maximum Gasteiger partial charge on any atom is 0.150 e. The normalized spacial score (nSPS) is 10.4. The van der Waals surface area contributed by atoms with Gasteiger partial charge in [0.25, 0.3) is 0 Å². The van der Waals surface area contributed by atoms with Gasteiger partial charge in [0.1, 0.15) is 17.9 Å². The van der Waals surface area contributed by atoms with Crippen LogP contribution in [0.15, 0.2) is 30.6 Å². The number of imidazole rings is 1. The number of nitrogens with zero attached hydrogens (tertiary/aromatic N) is 2. The monoisotopic (exact) mass is 218 g/mol. The van der Waals surface area contributed by atoms with Crippen LogP contribution in [0.3, 0.4) is 0 Å². The van der Waals surface area contributed by atoms with Gasteiger partial charge in [-0.3, -0.25) is 4.79 Å². The SMILES string of the molecule is Cn1ccnc1Cc1cc(F)ccc1C=O. The lowest BCUT2D eigenvalue weighted by Crippen LogP contribution is -2.01. The Morgan fingerprint density at radius 2 is 2.31 bits per heavy atom. The van der Waals surface area contributed by atoms with E-state index in [1.165, 1.54) is 18.2 Å².